The fraction of sp³-hybridized carbons (Fsp3) is 0.682. The molecule has 1 aliphatic carbocycles. The van der Waals surface area contributed by atoms with Crippen LogP contribution in [0.15, 0.2) is 17.5 Å². The number of carbonyl (C=O) groups is 2. The lowest BCUT2D eigenvalue weighted by Crippen LogP contribution is -2.51. The number of rotatable bonds is 5. The van der Waals surface area contributed by atoms with Crippen LogP contribution in [0, 0.1) is 17.2 Å². The molecule has 1 saturated carbocycles. The molecule has 1 aromatic heterocycles. The quantitative estimate of drug-likeness (QED) is 0.775. The van der Waals surface area contributed by atoms with Crippen molar-refractivity contribution in [1.29, 1.82) is 5.26 Å². The fourth-order valence-electron chi connectivity index (χ4n) is 4.93. The Morgan fingerprint density at radius 3 is 2.53 bits per heavy atom. The first-order valence-corrected chi connectivity index (χ1v) is 12.0. The highest BCUT2D eigenvalue weighted by molar-refractivity contribution is 7.14. The Morgan fingerprint density at radius 1 is 1.10 bits per heavy atom. The van der Waals surface area contributed by atoms with Crippen molar-refractivity contribution in [3.8, 4) is 6.07 Å². The number of hydrogen-bond acceptors (Lipinski definition) is 6. The molecule has 0 bridgehead atoms. The normalized spacial score (nSPS) is 27.2. The van der Waals surface area contributed by atoms with Crippen LogP contribution in [0.1, 0.15) is 38.5 Å². The van der Waals surface area contributed by atoms with Gasteiger partial charge < -0.3 is 20.0 Å². The maximum Gasteiger partial charge on any atom is 0.237 e. The minimum absolute atomic E-state index is 0.0286. The van der Waals surface area contributed by atoms with Gasteiger partial charge in [0.2, 0.25) is 11.8 Å². The van der Waals surface area contributed by atoms with E-state index in [9.17, 15) is 9.59 Å². The van der Waals surface area contributed by atoms with E-state index in [0.29, 0.717) is 19.0 Å². The molecule has 1 aromatic rings. The molecule has 0 radical (unpaired) electrons. The molecule has 30 heavy (non-hydrogen) atoms. The Labute approximate surface area is 182 Å². The van der Waals surface area contributed by atoms with Crippen LogP contribution in [-0.2, 0) is 9.59 Å². The maximum atomic E-state index is 13.0. The number of anilines is 1. The first kappa shape index (κ1) is 21.1. The number of likely N-dealkylation sites (tertiary alicyclic amines) is 1. The van der Waals surface area contributed by atoms with Gasteiger partial charge in [0.05, 0.1) is 17.6 Å². The third-order valence-corrected chi connectivity index (χ3v) is 7.68. The minimum atomic E-state index is -0.257. The van der Waals surface area contributed by atoms with Gasteiger partial charge in [-0.05, 0) is 56.0 Å². The summed E-state index contributed by atoms with van der Waals surface area (Å²) in [5.74, 6) is 0.457. The van der Waals surface area contributed by atoms with Gasteiger partial charge in [0.15, 0.2) is 0 Å². The molecule has 2 amide bonds. The highest BCUT2D eigenvalue weighted by atomic mass is 32.1. The summed E-state index contributed by atoms with van der Waals surface area (Å²) in [6, 6.07) is 6.48. The second-order valence-corrected chi connectivity index (χ2v) is 9.49. The van der Waals surface area contributed by atoms with E-state index in [-0.39, 0.29) is 23.9 Å². The summed E-state index contributed by atoms with van der Waals surface area (Å²) >= 11 is 1.76. The summed E-state index contributed by atoms with van der Waals surface area (Å²) in [6.45, 7) is 4.42. The topological polar surface area (TPSA) is 79.7 Å². The van der Waals surface area contributed by atoms with E-state index in [1.54, 1.807) is 16.2 Å². The van der Waals surface area contributed by atoms with Gasteiger partial charge in [-0.3, -0.25) is 9.59 Å². The summed E-state index contributed by atoms with van der Waals surface area (Å²) in [7, 11) is 0. The van der Waals surface area contributed by atoms with Crippen LogP contribution in [0.4, 0.5) is 5.00 Å². The highest BCUT2D eigenvalue weighted by Crippen LogP contribution is 2.28. The highest BCUT2D eigenvalue weighted by Gasteiger charge is 2.32. The van der Waals surface area contributed by atoms with Crippen LogP contribution in [0.3, 0.4) is 0 Å². The third-order valence-electron chi connectivity index (χ3n) is 6.75. The summed E-state index contributed by atoms with van der Waals surface area (Å²) in [6.07, 6.45) is 5.34. The van der Waals surface area contributed by atoms with Crippen LogP contribution < -0.4 is 10.2 Å². The number of piperazine rings is 1. The monoisotopic (exact) mass is 429 g/mol. The Kier molecular flexibility index (Phi) is 6.90. The largest absolute Gasteiger partial charge is 0.360 e. The smallest absolute Gasteiger partial charge is 0.237 e. The zero-order chi connectivity index (χ0) is 20.9. The zero-order valence-corrected chi connectivity index (χ0v) is 18.3. The molecule has 4 rings (SSSR count). The van der Waals surface area contributed by atoms with Gasteiger partial charge in [0, 0.05) is 44.7 Å². The molecule has 0 aromatic carbocycles. The van der Waals surface area contributed by atoms with Gasteiger partial charge in [-0.1, -0.05) is 0 Å². The Hall–Kier alpha value is -2.11. The van der Waals surface area contributed by atoms with Crippen LogP contribution in [-0.4, -0.2) is 73.0 Å². The average molecular weight is 430 g/mol. The van der Waals surface area contributed by atoms with Crippen molar-refractivity contribution in [2.75, 3.05) is 44.2 Å². The van der Waals surface area contributed by atoms with Crippen LogP contribution in [0.2, 0.25) is 0 Å². The van der Waals surface area contributed by atoms with Gasteiger partial charge in [-0.25, -0.2) is 0 Å². The molecule has 162 valence electrons. The van der Waals surface area contributed by atoms with E-state index in [1.165, 1.54) is 5.00 Å². The van der Waals surface area contributed by atoms with E-state index in [0.717, 1.165) is 64.7 Å². The van der Waals surface area contributed by atoms with E-state index < -0.39 is 0 Å². The summed E-state index contributed by atoms with van der Waals surface area (Å²) < 4.78 is 0. The van der Waals surface area contributed by atoms with E-state index in [2.05, 4.69) is 33.8 Å². The molecule has 2 saturated heterocycles. The number of thiophene rings is 1. The molecule has 3 fully saturated rings. The summed E-state index contributed by atoms with van der Waals surface area (Å²) in [5.41, 5.74) is 0. The molecule has 2 aliphatic heterocycles. The van der Waals surface area contributed by atoms with Crippen LogP contribution >= 0.6 is 11.3 Å². The van der Waals surface area contributed by atoms with E-state index >= 15 is 0 Å². The van der Waals surface area contributed by atoms with Crippen molar-refractivity contribution >= 4 is 28.2 Å². The van der Waals surface area contributed by atoms with Crippen molar-refractivity contribution in [1.82, 2.24) is 15.1 Å². The SMILES string of the molecule is N#C[C@@H]1CCCN1C(=O)CNC1CCC(C(=O)N2CCN(c3cccs3)CC2)CC1. The lowest BCUT2D eigenvalue weighted by atomic mass is 9.85. The molecule has 0 unspecified atom stereocenters. The molecule has 7 nitrogen and oxygen atoms in total. The van der Waals surface area contributed by atoms with Gasteiger partial charge in [0.1, 0.15) is 6.04 Å². The maximum absolute atomic E-state index is 13.0. The van der Waals surface area contributed by atoms with Crippen molar-refractivity contribution in [2.24, 2.45) is 5.92 Å². The number of nitrogens with zero attached hydrogens (tertiary/aromatic N) is 4. The van der Waals surface area contributed by atoms with Crippen molar-refractivity contribution in [3.63, 3.8) is 0 Å². The second kappa shape index (κ2) is 9.80. The predicted molar refractivity (Wildman–Crippen MR) is 117 cm³/mol. The lowest BCUT2D eigenvalue weighted by Gasteiger charge is -2.38. The molecule has 3 heterocycles. The first-order chi connectivity index (χ1) is 14.7. The van der Waals surface area contributed by atoms with Crippen molar-refractivity contribution < 1.29 is 9.59 Å². The molecular formula is C22H31N5O2S. The molecule has 0 spiro atoms. The Balaban J connectivity index is 1.17. The van der Waals surface area contributed by atoms with Crippen molar-refractivity contribution in [2.45, 2.75) is 50.6 Å². The average Bonchev–Trinajstić information content (AvgIpc) is 3.49. The predicted octanol–water partition coefficient (Wildman–Crippen LogP) is 2.06. The number of carbonyl (C=O) groups excluding carboxylic acids is 2. The number of nitrogens with one attached hydrogen (secondary N) is 1. The van der Waals surface area contributed by atoms with Gasteiger partial charge >= 0.3 is 0 Å². The summed E-state index contributed by atoms with van der Waals surface area (Å²) in [5, 5.41) is 15.9. The molecular weight excluding hydrogens is 398 g/mol. The number of hydrogen-bond donors (Lipinski definition) is 1. The second-order valence-electron chi connectivity index (χ2n) is 8.57. The third kappa shape index (κ3) is 4.79. The Morgan fingerprint density at radius 2 is 1.87 bits per heavy atom. The van der Waals surface area contributed by atoms with Crippen molar-refractivity contribution in [3.05, 3.63) is 17.5 Å². The minimum Gasteiger partial charge on any atom is -0.360 e. The first-order valence-electron chi connectivity index (χ1n) is 11.2. The lowest BCUT2D eigenvalue weighted by molar-refractivity contribution is -0.137. The standard InChI is InChI=1S/C22H31N5O2S/c23-15-19-3-1-9-27(19)20(28)16-24-18-7-5-17(6-8-18)22(29)26-12-10-25(11-13-26)21-4-2-14-30-21/h2,4,14,17-19,24H,1,3,5-13,16H2/t17?,18?,19-/m0/s1. The van der Waals surface area contributed by atoms with Crippen LogP contribution in [0.5, 0.6) is 0 Å². The molecule has 1 N–H and O–H groups in total. The summed E-state index contributed by atoms with van der Waals surface area (Å²) in [4.78, 5) is 31.5. The van der Waals surface area contributed by atoms with Gasteiger partial charge in [0.25, 0.3) is 0 Å². The molecule has 8 heteroatoms. The van der Waals surface area contributed by atoms with E-state index in [4.69, 9.17) is 5.26 Å². The van der Waals surface area contributed by atoms with Crippen LogP contribution in [0.25, 0.3) is 0 Å². The fourth-order valence-corrected chi connectivity index (χ4v) is 5.72. The van der Waals surface area contributed by atoms with Gasteiger partial charge in [-0.15, -0.1) is 11.3 Å². The Bertz CT molecular complexity index is 761. The van der Waals surface area contributed by atoms with E-state index in [1.807, 2.05) is 4.90 Å². The number of amides is 2. The number of nitriles is 1. The molecule has 3 aliphatic rings. The zero-order valence-electron chi connectivity index (χ0n) is 17.5. The molecule has 1 atom stereocenters. The van der Waals surface area contributed by atoms with Gasteiger partial charge in [-0.2, -0.15) is 5.26 Å².